The first-order valence-electron chi connectivity index (χ1n) is 9.20. The van der Waals surface area contributed by atoms with Crippen molar-refractivity contribution in [2.75, 3.05) is 5.73 Å². The van der Waals surface area contributed by atoms with E-state index in [9.17, 15) is 9.65 Å². The van der Waals surface area contributed by atoms with E-state index < -0.39 is 0 Å². The molecule has 2 N–H and O–H groups in total. The molecule has 8 heteroatoms. The number of benzene rings is 1. The van der Waals surface area contributed by atoms with E-state index in [1.54, 1.807) is 30.9 Å². The predicted octanol–water partition coefficient (Wildman–Crippen LogP) is 3.54. The van der Waals surface area contributed by atoms with Crippen molar-refractivity contribution >= 4 is 5.82 Å². The average molecular weight is 398 g/mol. The van der Waals surface area contributed by atoms with Crippen LogP contribution in [-0.2, 0) is 13.2 Å². The minimum absolute atomic E-state index is 0.0861. The summed E-state index contributed by atoms with van der Waals surface area (Å²) in [5.74, 6) is 0.190. The Morgan fingerprint density at radius 1 is 1.13 bits per heavy atom. The zero-order valence-corrected chi connectivity index (χ0v) is 15.7. The van der Waals surface area contributed by atoms with Gasteiger partial charge in [-0.1, -0.05) is 6.07 Å². The van der Waals surface area contributed by atoms with Gasteiger partial charge in [-0.05, 0) is 35.9 Å². The summed E-state index contributed by atoms with van der Waals surface area (Å²) in [5.41, 5.74) is 10.6. The number of nitrogens with zero attached hydrogens (tertiary/aromatic N) is 5. The van der Waals surface area contributed by atoms with Crippen molar-refractivity contribution in [1.29, 1.82) is 5.26 Å². The maximum absolute atomic E-state index is 14.0. The summed E-state index contributed by atoms with van der Waals surface area (Å²) in [7, 11) is 0. The van der Waals surface area contributed by atoms with Crippen molar-refractivity contribution in [3.05, 3.63) is 77.8 Å². The van der Waals surface area contributed by atoms with Crippen LogP contribution in [0.15, 0.2) is 55.1 Å². The molecule has 0 fully saturated rings. The van der Waals surface area contributed by atoms with E-state index in [2.05, 4.69) is 21.0 Å². The summed E-state index contributed by atoms with van der Waals surface area (Å²) in [4.78, 5) is 13.0. The molecule has 0 saturated heterocycles. The zero-order valence-electron chi connectivity index (χ0n) is 15.7. The quantitative estimate of drug-likeness (QED) is 0.486. The third-order valence-electron chi connectivity index (χ3n) is 5.04. The zero-order chi connectivity index (χ0) is 20.7. The Hall–Kier alpha value is -4.25. The fourth-order valence-electron chi connectivity index (χ4n) is 3.65. The van der Waals surface area contributed by atoms with E-state index in [0.29, 0.717) is 34.8 Å². The van der Waals surface area contributed by atoms with Crippen molar-refractivity contribution in [3.63, 3.8) is 0 Å². The normalized spacial score (nSPS) is 12.3. The highest BCUT2D eigenvalue weighted by Crippen LogP contribution is 2.33. The van der Waals surface area contributed by atoms with Gasteiger partial charge in [-0.2, -0.15) is 5.26 Å². The molecule has 4 heterocycles. The summed E-state index contributed by atoms with van der Waals surface area (Å²) >= 11 is 0. The largest absolute Gasteiger partial charge is 0.485 e. The topological polar surface area (TPSA) is 103 Å². The number of nitriles is 1. The molecule has 0 unspecified atom stereocenters. The molecule has 0 saturated carbocycles. The average Bonchev–Trinajstić information content (AvgIpc) is 3.16. The Balaban J connectivity index is 1.79. The van der Waals surface area contributed by atoms with Gasteiger partial charge in [0.1, 0.15) is 18.5 Å². The molecule has 0 radical (unpaired) electrons. The monoisotopic (exact) mass is 398 g/mol. The first-order chi connectivity index (χ1) is 14.6. The van der Waals surface area contributed by atoms with Crippen LogP contribution in [-0.4, -0.2) is 19.5 Å². The van der Waals surface area contributed by atoms with Crippen LogP contribution in [0.1, 0.15) is 16.8 Å². The highest BCUT2D eigenvalue weighted by molar-refractivity contribution is 5.70. The number of nitrogens with two attached hydrogens (primary N) is 1. The molecular weight excluding hydrogens is 383 g/mol. The van der Waals surface area contributed by atoms with Crippen molar-refractivity contribution in [3.8, 4) is 34.3 Å². The van der Waals surface area contributed by atoms with Gasteiger partial charge in [-0.15, -0.1) is 0 Å². The smallest absolute Gasteiger partial charge is 0.166 e. The maximum atomic E-state index is 14.0. The second-order valence-corrected chi connectivity index (χ2v) is 6.89. The number of hydrogen-bond donors (Lipinski definition) is 1. The second-order valence-electron chi connectivity index (χ2n) is 6.89. The molecule has 5 rings (SSSR count). The van der Waals surface area contributed by atoms with Crippen LogP contribution in [0.5, 0.6) is 5.75 Å². The fourth-order valence-corrected chi connectivity index (χ4v) is 3.65. The molecule has 0 spiro atoms. The summed E-state index contributed by atoms with van der Waals surface area (Å²) in [6.45, 7) is 0.507. The Labute approximate surface area is 171 Å². The van der Waals surface area contributed by atoms with Crippen LogP contribution in [0.25, 0.3) is 22.5 Å². The first-order valence-corrected chi connectivity index (χ1v) is 9.20. The van der Waals surface area contributed by atoms with Gasteiger partial charge >= 0.3 is 0 Å². The minimum atomic E-state index is -0.364. The van der Waals surface area contributed by atoms with Crippen LogP contribution in [0.3, 0.4) is 0 Å². The second kappa shape index (κ2) is 6.97. The molecule has 7 nitrogen and oxygen atoms in total. The lowest BCUT2D eigenvalue weighted by Crippen LogP contribution is -2.08. The summed E-state index contributed by atoms with van der Waals surface area (Å²) in [5, 5.41) is 9.56. The molecule has 0 amide bonds. The lowest BCUT2D eigenvalue weighted by molar-refractivity contribution is 0.307. The summed E-state index contributed by atoms with van der Waals surface area (Å²) in [6, 6.07) is 12.2. The van der Waals surface area contributed by atoms with Crippen LogP contribution in [0, 0.1) is 17.1 Å². The van der Waals surface area contributed by atoms with Gasteiger partial charge in [-0.3, -0.25) is 4.98 Å². The van der Waals surface area contributed by atoms with Crippen molar-refractivity contribution in [2.45, 2.75) is 13.2 Å². The highest BCUT2D eigenvalue weighted by atomic mass is 19.1. The molecule has 1 aromatic carbocycles. The van der Waals surface area contributed by atoms with E-state index in [1.807, 2.05) is 16.7 Å². The van der Waals surface area contributed by atoms with E-state index in [-0.39, 0.29) is 23.9 Å². The van der Waals surface area contributed by atoms with E-state index >= 15 is 0 Å². The number of anilines is 1. The number of imidazole rings is 1. The minimum Gasteiger partial charge on any atom is -0.485 e. The Morgan fingerprint density at radius 2 is 2.03 bits per heavy atom. The third-order valence-corrected chi connectivity index (χ3v) is 5.04. The molecule has 1 aliphatic heterocycles. The molecular formula is C22H15FN6O. The van der Waals surface area contributed by atoms with Crippen molar-refractivity contribution < 1.29 is 9.13 Å². The number of nitrogen functional groups attached to an aromatic ring is 1. The number of aromatic nitrogens is 4. The van der Waals surface area contributed by atoms with Crippen molar-refractivity contribution in [2.24, 2.45) is 0 Å². The number of pyridine rings is 2. The number of ether oxygens (including phenoxy) is 1. The molecule has 0 atom stereocenters. The van der Waals surface area contributed by atoms with Crippen LogP contribution in [0.4, 0.5) is 10.2 Å². The Kier molecular flexibility index (Phi) is 4.14. The molecule has 30 heavy (non-hydrogen) atoms. The third kappa shape index (κ3) is 2.93. The molecule has 146 valence electrons. The highest BCUT2D eigenvalue weighted by Gasteiger charge is 2.20. The summed E-state index contributed by atoms with van der Waals surface area (Å²) in [6.07, 6.45) is 4.89. The Morgan fingerprint density at radius 3 is 2.90 bits per heavy atom. The molecule has 2 bridgehead atoms. The number of hydrogen-bond acceptors (Lipinski definition) is 6. The van der Waals surface area contributed by atoms with Crippen molar-refractivity contribution in [1.82, 2.24) is 19.5 Å². The van der Waals surface area contributed by atoms with Crippen LogP contribution in [0.2, 0.25) is 0 Å². The standard InChI is InChI=1S/C22H15FN6O/c23-16-3-4-17-15(6-16)11-30-19-7-14(9-27-22(19)25)21-18(8-24)28-12-29(21)10-13-2-1-5-26-20(13)17/h1-7,9,12H,10-11H2,(H2,25,27). The summed E-state index contributed by atoms with van der Waals surface area (Å²) < 4.78 is 21.8. The number of rotatable bonds is 0. The molecule has 3 aromatic heterocycles. The predicted molar refractivity (Wildman–Crippen MR) is 108 cm³/mol. The SMILES string of the molecule is N#Cc1ncn2c1-c1cnc(N)c(c1)OCc1cc(F)ccc1-c1ncccc1C2. The van der Waals surface area contributed by atoms with Gasteiger partial charge in [0.25, 0.3) is 0 Å². The number of fused-ring (bicyclic) bond motifs is 7. The first kappa shape index (κ1) is 17.8. The van der Waals surface area contributed by atoms with Gasteiger partial charge in [0, 0.05) is 29.1 Å². The van der Waals surface area contributed by atoms with Gasteiger partial charge < -0.3 is 15.0 Å². The van der Waals surface area contributed by atoms with Gasteiger partial charge in [0.05, 0.1) is 24.3 Å². The van der Waals surface area contributed by atoms with Gasteiger partial charge in [0.2, 0.25) is 0 Å². The van der Waals surface area contributed by atoms with Crippen LogP contribution >= 0.6 is 0 Å². The molecule has 4 aromatic rings. The lowest BCUT2D eigenvalue weighted by Gasteiger charge is -2.18. The number of halogens is 1. The molecule has 1 aliphatic rings. The van der Waals surface area contributed by atoms with Gasteiger partial charge in [0.15, 0.2) is 17.3 Å². The Bertz CT molecular complexity index is 1320. The van der Waals surface area contributed by atoms with Crippen LogP contribution < -0.4 is 10.5 Å². The molecule has 0 aliphatic carbocycles. The van der Waals surface area contributed by atoms with E-state index in [4.69, 9.17) is 10.5 Å². The van der Waals surface area contributed by atoms with Gasteiger partial charge in [-0.25, -0.2) is 14.4 Å². The lowest BCUT2D eigenvalue weighted by atomic mass is 10.00. The van der Waals surface area contributed by atoms with E-state index in [0.717, 1.165) is 11.1 Å². The fraction of sp³-hybridized carbons (Fsp3) is 0.0909. The maximum Gasteiger partial charge on any atom is 0.166 e. The van der Waals surface area contributed by atoms with E-state index in [1.165, 1.54) is 12.1 Å².